The highest BCUT2D eigenvalue weighted by molar-refractivity contribution is 9.22. The maximum absolute atomic E-state index is 11.4. The first-order chi connectivity index (χ1) is 6.89. The largest absolute Gasteiger partial charge is 0.481 e. The highest BCUT2D eigenvalue weighted by Crippen LogP contribution is 2.40. The SMILES string of the molecule is COC(=O)C1SC(Br)=NC1(C)CC(=O)O. The van der Waals surface area contributed by atoms with Crippen molar-refractivity contribution in [3.8, 4) is 0 Å². The Hall–Kier alpha value is -0.560. The van der Waals surface area contributed by atoms with E-state index in [4.69, 9.17) is 5.11 Å². The third-order valence-electron chi connectivity index (χ3n) is 2.05. The van der Waals surface area contributed by atoms with E-state index in [2.05, 4.69) is 25.7 Å². The molecule has 1 aliphatic heterocycles. The highest BCUT2D eigenvalue weighted by atomic mass is 79.9. The summed E-state index contributed by atoms with van der Waals surface area (Å²) in [6.45, 7) is 1.63. The molecule has 7 heteroatoms. The maximum atomic E-state index is 11.4. The molecule has 0 saturated heterocycles. The van der Waals surface area contributed by atoms with E-state index in [1.54, 1.807) is 6.92 Å². The number of esters is 1. The lowest BCUT2D eigenvalue weighted by atomic mass is 9.94. The molecule has 0 fully saturated rings. The van der Waals surface area contributed by atoms with Crippen molar-refractivity contribution in [2.75, 3.05) is 7.11 Å². The second kappa shape index (κ2) is 4.52. The Balaban J connectivity index is 2.91. The van der Waals surface area contributed by atoms with Gasteiger partial charge in [0, 0.05) is 0 Å². The lowest BCUT2D eigenvalue weighted by Gasteiger charge is -2.24. The van der Waals surface area contributed by atoms with E-state index in [0.717, 1.165) is 0 Å². The molecule has 5 nitrogen and oxygen atoms in total. The van der Waals surface area contributed by atoms with Crippen LogP contribution in [0.2, 0.25) is 0 Å². The number of thioether (sulfide) groups is 1. The summed E-state index contributed by atoms with van der Waals surface area (Å²) in [7, 11) is 1.27. The van der Waals surface area contributed by atoms with Crippen molar-refractivity contribution in [1.82, 2.24) is 0 Å². The minimum Gasteiger partial charge on any atom is -0.481 e. The van der Waals surface area contributed by atoms with Crippen LogP contribution in [0.5, 0.6) is 0 Å². The van der Waals surface area contributed by atoms with Gasteiger partial charge in [0.15, 0.2) is 0 Å². The predicted molar refractivity (Wildman–Crippen MR) is 60.4 cm³/mol. The van der Waals surface area contributed by atoms with E-state index < -0.39 is 22.7 Å². The standard InChI is InChI=1S/C8H10BrNO4S/c1-8(3-4(11)12)5(6(13)14-2)15-7(9)10-8/h5H,3H2,1-2H3,(H,11,12). The van der Waals surface area contributed by atoms with Crippen LogP contribution in [-0.4, -0.2) is 38.9 Å². The Kier molecular flexibility index (Phi) is 3.77. The Labute approximate surface area is 99.4 Å². The Morgan fingerprint density at radius 3 is 2.80 bits per heavy atom. The topological polar surface area (TPSA) is 76.0 Å². The molecule has 84 valence electrons. The van der Waals surface area contributed by atoms with Gasteiger partial charge in [-0.15, -0.1) is 0 Å². The molecule has 0 amide bonds. The smallest absolute Gasteiger partial charge is 0.321 e. The maximum Gasteiger partial charge on any atom is 0.321 e. The molecule has 0 spiro atoms. The van der Waals surface area contributed by atoms with Crippen LogP contribution in [-0.2, 0) is 14.3 Å². The molecule has 0 radical (unpaired) electrons. The zero-order chi connectivity index (χ0) is 11.6. The van der Waals surface area contributed by atoms with Gasteiger partial charge in [-0.2, -0.15) is 0 Å². The minimum atomic E-state index is -0.988. The van der Waals surface area contributed by atoms with Crippen molar-refractivity contribution in [2.45, 2.75) is 24.1 Å². The van der Waals surface area contributed by atoms with E-state index >= 15 is 0 Å². The number of ether oxygens (including phenoxy) is 1. The molecular weight excluding hydrogens is 286 g/mol. The molecular formula is C8H10BrNO4S. The number of carboxylic acid groups (broad SMARTS) is 1. The number of hydrogen-bond acceptors (Lipinski definition) is 5. The van der Waals surface area contributed by atoms with E-state index in [1.165, 1.54) is 18.9 Å². The molecule has 0 aromatic carbocycles. The molecule has 2 atom stereocenters. The molecule has 1 N–H and O–H groups in total. The summed E-state index contributed by atoms with van der Waals surface area (Å²) in [5.41, 5.74) is -0.942. The first-order valence-corrected chi connectivity index (χ1v) is 5.78. The van der Waals surface area contributed by atoms with Gasteiger partial charge in [-0.25, -0.2) is 0 Å². The second-order valence-electron chi connectivity index (χ2n) is 3.31. The Morgan fingerprint density at radius 1 is 1.73 bits per heavy atom. The summed E-state index contributed by atoms with van der Waals surface area (Å²) in [6, 6.07) is 0. The average molecular weight is 296 g/mol. The number of carbonyl (C=O) groups excluding carboxylic acids is 1. The van der Waals surface area contributed by atoms with E-state index in [1.807, 2.05) is 0 Å². The van der Waals surface area contributed by atoms with Crippen LogP contribution >= 0.6 is 27.7 Å². The van der Waals surface area contributed by atoms with Gasteiger partial charge in [0.05, 0.1) is 19.1 Å². The molecule has 1 rings (SSSR count). The number of halogens is 1. The normalized spacial score (nSPS) is 29.8. The van der Waals surface area contributed by atoms with Gasteiger partial charge in [0.1, 0.15) is 9.20 Å². The van der Waals surface area contributed by atoms with E-state index in [0.29, 0.717) is 3.95 Å². The van der Waals surface area contributed by atoms with E-state index in [-0.39, 0.29) is 6.42 Å². The van der Waals surface area contributed by atoms with E-state index in [9.17, 15) is 9.59 Å². The van der Waals surface area contributed by atoms with Gasteiger partial charge in [-0.05, 0) is 22.9 Å². The summed E-state index contributed by atoms with van der Waals surface area (Å²) < 4.78 is 5.14. The number of hydrogen-bond donors (Lipinski definition) is 1. The fraction of sp³-hybridized carbons (Fsp3) is 0.625. The fourth-order valence-corrected chi connectivity index (χ4v) is 3.36. The number of aliphatic imine (C=N–C) groups is 1. The number of carbonyl (C=O) groups is 2. The van der Waals surface area contributed by atoms with Crippen LogP contribution in [0.1, 0.15) is 13.3 Å². The summed E-state index contributed by atoms with van der Waals surface area (Å²) in [5.74, 6) is -1.44. The summed E-state index contributed by atoms with van der Waals surface area (Å²) >= 11 is 4.33. The van der Waals surface area contributed by atoms with Gasteiger partial charge in [-0.1, -0.05) is 11.8 Å². The number of aliphatic carboxylic acids is 1. The average Bonchev–Trinajstić information content (AvgIpc) is 2.38. The second-order valence-corrected chi connectivity index (χ2v) is 5.68. The Bertz CT molecular complexity index is 333. The molecule has 2 unspecified atom stereocenters. The van der Waals surface area contributed by atoms with Crippen LogP contribution in [0.25, 0.3) is 0 Å². The molecule has 1 aliphatic rings. The number of methoxy groups -OCH3 is 1. The first kappa shape index (κ1) is 12.5. The predicted octanol–water partition coefficient (Wildman–Crippen LogP) is 1.26. The number of rotatable bonds is 3. The van der Waals surface area contributed by atoms with Crippen molar-refractivity contribution in [3.63, 3.8) is 0 Å². The molecule has 0 bridgehead atoms. The van der Waals surface area contributed by atoms with Crippen molar-refractivity contribution in [3.05, 3.63) is 0 Å². The summed E-state index contributed by atoms with van der Waals surface area (Å²) in [5, 5.41) is 8.15. The molecule has 15 heavy (non-hydrogen) atoms. The summed E-state index contributed by atoms with van der Waals surface area (Å²) in [4.78, 5) is 26.2. The molecule has 0 aromatic heterocycles. The van der Waals surface area contributed by atoms with Gasteiger partial charge in [0.25, 0.3) is 0 Å². The van der Waals surface area contributed by atoms with Crippen molar-refractivity contribution < 1.29 is 19.4 Å². The van der Waals surface area contributed by atoms with Crippen LogP contribution < -0.4 is 0 Å². The van der Waals surface area contributed by atoms with Crippen LogP contribution in [0, 0.1) is 0 Å². The third-order valence-corrected chi connectivity index (χ3v) is 4.01. The zero-order valence-electron chi connectivity index (χ0n) is 8.19. The summed E-state index contributed by atoms with van der Waals surface area (Å²) in [6.07, 6.45) is -0.200. The zero-order valence-corrected chi connectivity index (χ0v) is 10.6. The number of carboxylic acids is 1. The van der Waals surface area contributed by atoms with Crippen molar-refractivity contribution >= 4 is 43.6 Å². The van der Waals surface area contributed by atoms with Gasteiger partial charge >= 0.3 is 11.9 Å². The fourth-order valence-electron chi connectivity index (χ4n) is 1.36. The monoisotopic (exact) mass is 295 g/mol. The van der Waals surface area contributed by atoms with Crippen molar-refractivity contribution in [1.29, 1.82) is 0 Å². The third kappa shape index (κ3) is 2.72. The van der Waals surface area contributed by atoms with Crippen LogP contribution in [0.4, 0.5) is 0 Å². The molecule has 0 aromatic rings. The molecule has 0 aliphatic carbocycles. The highest BCUT2D eigenvalue weighted by Gasteiger charge is 2.47. The van der Waals surface area contributed by atoms with Crippen LogP contribution in [0.15, 0.2) is 4.99 Å². The quantitative estimate of drug-likeness (QED) is 0.793. The van der Waals surface area contributed by atoms with Gasteiger partial charge in [0.2, 0.25) is 0 Å². The van der Waals surface area contributed by atoms with Crippen LogP contribution in [0.3, 0.4) is 0 Å². The lowest BCUT2D eigenvalue weighted by molar-refractivity contribution is -0.142. The number of nitrogens with zero attached hydrogens (tertiary/aromatic N) is 1. The molecule has 1 heterocycles. The Morgan fingerprint density at radius 2 is 2.33 bits per heavy atom. The minimum absolute atomic E-state index is 0.200. The van der Waals surface area contributed by atoms with Crippen molar-refractivity contribution in [2.24, 2.45) is 4.99 Å². The first-order valence-electron chi connectivity index (χ1n) is 4.10. The lowest BCUT2D eigenvalue weighted by Crippen LogP contribution is -2.40. The van der Waals surface area contributed by atoms with Gasteiger partial charge in [-0.3, -0.25) is 14.6 Å². The van der Waals surface area contributed by atoms with Gasteiger partial charge < -0.3 is 9.84 Å². The molecule has 0 saturated carbocycles.